The molecule has 2 heterocycles. The molecule has 168 valence electrons. The van der Waals surface area contributed by atoms with Crippen LogP contribution in [0.2, 0.25) is 0 Å². The van der Waals surface area contributed by atoms with E-state index in [-0.39, 0.29) is 12.5 Å². The first-order valence-electron chi connectivity index (χ1n) is 11.1. The highest BCUT2D eigenvalue weighted by Gasteiger charge is 2.49. The van der Waals surface area contributed by atoms with Crippen molar-refractivity contribution in [2.24, 2.45) is 0 Å². The lowest BCUT2D eigenvalue weighted by atomic mass is 9.91. The number of anilines is 1. The van der Waals surface area contributed by atoms with Gasteiger partial charge in [0.1, 0.15) is 17.8 Å². The highest BCUT2D eigenvalue weighted by molar-refractivity contribution is 6.10. The van der Waals surface area contributed by atoms with E-state index in [1.54, 1.807) is 18.9 Å². The summed E-state index contributed by atoms with van der Waals surface area (Å²) in [6.45, 7) is 4.06. The molecule has 4 amide bonds. The summed E-state index contributed by atoms with van der Waals surface area (Å²) in [5.74, 6) is 0.0566. The molecule has 1 atom stereocenters. The second-order valence-corrected chi connectivity index (χ2v) is 8.54. The van der Waals surface area contributed by atoms with Crippen LogP contribution in [-0.2, 0) is 28.0 Å². The minimum absolute atomic E-state index is 0.276. The van der Waals surface area contributed by atoms with Gasteiger partial charge in [0.15, 0.2) is 0 Å². The Morgan fingerprint density at radius 1 is 1.16 bits per heavy atom. The van der Waals surface area contributed by atoms with Crippen LogP contribution >= 0.6 is 0 Å². The summed E-state index contributed by atoms with van der Waals surface area (Å²) in [6.07, 6.45) is 3.66. The van der Waals surface area contributed by atoms with Gasteiger partial charge in [-0.2, -0.15) is 0 Å². The summed E-state index contributed by atoms with van der Waals surface area (Å²) >= 11 is 0. The van der Waals surface area contributed by atoms with E-state index >= 15 is 0 Å². The predicted octanol–water partition coefficient (Wildman–Crippen LogP) is 3.39. The summed E-state index contributed by atoms with van der Waals surface area (Å²) in [5, 5.41) is 2.79. The van der Waals surface area contributed by atoms with Crippen molar-refractivity contribution in [2.75, 3.05) is 25.1 Å². The second kappa shape index (κ2) is 8.65. The fraction of sp³-hybridized carbons (Fsp3) is 0.400. The molecule has 1 unspecified atom stereocenters. The number of nitrogens with one attached hydrogen (secondary N) is 1. The summed E-state index contributed by atoms with van der Waals surface area (Å²) in [5.41, 5.74) is 2.54. The number of carbonyl (C=O) groups excluding carboxylic acids is 3. The lowest BCUT2D eigenvalue weighted by Crippen LogP contribution is -2.46. The molecule has 2 aliphatic rings. The Hall–Kier alpha value is -3.35. The van der Waals surface area contributed by atoms with E-state index in [4.69, 9.17) is 4.74 Å². The number of amides is 4. The quantitative estimate of drug-likeness (QED) is 0.706. The van der Waals surface area contributed by atoms with E-state index < -0.39 is 17.5 Å². The van der Waals surface area contributed by atoms with Gasteiger partial charge in [-0.05, 0) is 61.1 Å². The van der Waals surface area contributed by atoms with Crippen LogP contribution in [0, 0.1) is 0 Å². The third kappa shape index (κ3) is 3.83. The molecule has 7 nitrogen and oxygen atoms in total. The van der Waals surface area contributed by atoms with Gasteiger partial charge in [0.05, 0.1) is 7.11 Å². The number of nitrogens with zero attached hydrogens (tertiary/aromatic N) is 2. The van der Waals surface area contributed by atoms with Gasteiger partial charge in [-0.15, -0.1) is 0 Å². The van der Waals surface area contributed by atoms with Crippen LogP contribution in [0.15, 0.2) is 42.5 Å². The maximum absolute atomic E-state index is 13.3. The number of rotatable bonds is 6. The van der Waals surface area contributed by atoms with Crippen molar-refractivity contribution < 1.29 is 19.1 Å². The first kappa shape index (κ1) is 21.9. The molecule has 2 aromatic rings. The van der Waals surface area contributed by atoms with Crippen molar-refractivity contribution >= 4 is 23.5 Å². The number of urea groups is 1. The topological polar surface area (TPSA) is 79.0 Å². The first-order valence-corrected chi connectivity index (χ1v) is 11.1. The zero-order chi connectivity index (χ0) is 22.9. The predicted molar refractivity (Wildman–Crippen MR) is 122 cm³/mol. The van der Waals surface area contributed by atoms with Crippen molar-refractivity contribution in [1.82, 2.24) is 10.2 Å². The van der Waals surface area contributed by atoms with Gasteiger partial charge in [-0.1, -0.05) is 37.6 Å². The largest absolute Gasteiger partial charge is 0.497 e. The fourth-order valence-corrected chi connectivity index (χ4v) is 4.51. The highest BCUT2D eigenvalue weighted by atomic mass is 16.5. The van der Waals surface area contributed by atoms with E-state index in [0.29, 0.717) is 12.1 Å². The number of benzene rings is 2. The average molecular weight is 436 g/mol. The molecule has 4 rings (SSSR count). The Bertz CT molecular complexity index is 1050. The average Bonchev–Trinajstić information content (AvgIpc) is 3.02. The van der Waals surface area contributed by atoms with Crippen LogP contribution in [0.3, 0.4) is 0 Å². The Balaban J connectivity index is 1.52. The third-order valence-corrected chi connectivity index (χ3v) is 6.34. The molecule has 0 bridgehead atoms. The zero-order valence-electron chi connectivity index (χ0n) is 18.8. The normalized spacial score (nSPS) is 20.2. The van der Waals surface area contributed by atoms with E-state index in [9.17, 15) is 14.4 Å². The second-order valence-electron chi connectivity index (χ2n) is 8.54. The standard InChI is InChI=1S/C25H29N3O4/c1-4-6-17-8-10-19(11-9-17)25(2)23(30)28(24(31)26-25)16-22(29)27-14-5-7-18-15-20(32-3)12-13-21(18)27/h8-13,15H,4-7,14,16H2,1-3H3,(H,26,31). The smallest absolute Gasteiger partial charge is 0.325 e. The number of fused-ring (bicyclic) bond motifs is 1. The SMILES string of the molecule is CCCc1ccc(C2(C)NC(=O)N(CC(=O)N3CCCc4cc(OC)ccc43)C2=O)cc1. The van der Waals surface area contributed by atoms with Gasteiger partial charge in [0, 0.05) is 12.2 Å². The molecule has 2 aromatic carbocycles. The van der Waals surface area contributed by atoms with Crippen LogP contribution in [-0.4, -0.2) is 42.9 Å². The number of hydrogen-bond donors (Lipinski definition) is 1. The van der Waals surface area contributed by atoms with Crippen LogP contribution < -0.4 is 15.0 Å². The molecule has 1 saturated heterocycles. The maximum Gasteiger partial charge on any atom is 0.325 e. The van der Waals surface area contributed by atoms with E-state index in [0.717, 1.165) is 47.6 Å². The highest BCUT2D eigenvalue weighted by Crippen LogP contribution is 2.32. The van der Waals surface area contributed by atoms with Gasteiger partial charge in [-0.3, -0.25) is 14.5 Å². The number of hydrogen-bond acceptors (Lipinski definition) is 4. The van der Waals surface area contributed by atoms with Crippen LogP contribution in [0.5, 0.6) is 5.75 Å². The minimum Gasteiger partial charge on any atom is -0.497 e. The molecular weight excluding hydrogens is 406 g/mol. The number of carbonyl (C=O) groups is 3. The summed E-state index contributed by atoms with van der Waals surface area (Å²) in [6, 6.07) is 12.8. The van der Waals surface area contributed by atoms with E-state index in [1.807, 2.05) is 42.5 Å². The van der Waals surface area contributed by atoms with Gasteiger partial charge in [0.2, 0.25) is 5.91 Å². The molecule has 1 fully saturated rings. The number of ether oxygens (including phenoxy) is 1. The van der Waals surface area contributed by atoms with Crippen molar-refractivity contribution in [3.63, 3.8) is 0 Å². The van der Waals surface area contributed by atoms with Gasteiger partial charge >= 0.3 is 6.03 Å². The lowest BCUT2D eigenvalue weighted by Gasteiger charge is -2.31. The van der Waals surface area contributed by atoms with Crippen molar-refractivity contribution in [2.45, 2.75) is 45.1 Å². The molecule has 0 aromatic heterocycles. The molecule has 0 spiro atoms. The van der Waals surface area contributed by atoms with Crippen molar-refractivity contribution in [1.29, 1.82) is 0 Å². The van der Waals surface area contributed by atoms with Gasteiger partial charge in [0.25, 0.3) is 5.91 Å². The van der Waals surface area contributed by atoms with Crippen LogP contribution in [0.1, 0.15) is 43.4 Å². The molecular formula is C25H29N3O4. The van der Waals surface area contributed by atoms with Gasteiger partial charge in [-0.25, -0.2) is 4.79 Å². The first-order chi connectivity index (χ1) is 15.4. The van der Waals surface area contributed by atoms with Crippen molar-refractivity contribution in [3.05, 3.63) is 59.2 Å². The molecule has 2 aliphatic heterocycles. The molecule has 0 saturated carbocycles. The zero-order valence-corrected chi connectivity index (χ0v) is 18.8. The number of methoxy groups -OCH3 is 1. The Labute approximate surface area is 188 Å². The summed E-state index contributed by atoms with van der Waals surface area (Å²) in [4.78, 5) is 41.8. The Morgan fingerprint density at radius 2 is 1.91 bits per heavy atom. The number of imide groups is 1. The lowest BCUT2D eigenvalue weighted by molar-refractivity contribution is -0.134. The molecule has 1 N–H and O–H groups in total. The minimum atomic E-state index is -1.19. The molecule has 32 heavy (non-hydrogen) atoms. The molecule has 7 heteroatoms. The van der Waals surface area contributed by atoms with Gasteiger partial charge < -0.3 is 15.0 Å². The summed E-state index contributed by atoms with van der Waals surface area (Å²) < 4.78 is 5.29. The number of aryl methyl sites for hydroxylation is 2. The Morgan fingerprint density at radius 3 is 2.59 bits per heavy atom. The molecule has 0 aliphatic carbocycles. The maximum atomic E-state index is 13.3. The third-order valence-electron chi connectivity index (χ3n) is 6.34. The van der Waals surface area contributed by atoms with Crippen LogP contribution in [0.25, 0.3) is 0 Å². The summed E-state index contributed by atoms with van der Waals surface area (Å²) in [7, 11) is 1.61. The molecule has 0 radical (unpaired) electrons. The fourth-order valence-electron chi connectivity index (χ4n) is 4.51. The Kier molecular flexibility index (Phi) is 5.91. The van der Waals surface area contributed by atoms with Crippen molar-refractivity contribution in [3.8, 4) is 5.75 Å². The van der Waals surface area contributed by atoms with E-state index in [1.165, 1.54) is 5.56 Å². The van der Waals surface area contributed by atoms with E-state index in [2.05, 4.69) is 12.2 Å². The van der Waals surface area contributed by atoms with Crippen LogP contribution in [0.4, 0.5) is 10.5 Å². The monoisotopic (exact) mass is 435 g/mol.